The zero-order valence-electron chi connectivity index (χ0n) is 14.2. The topological polar surface area (TPSA) is 49.4 Å². The molecule has 4 nitrogen and oxygen atoms in total. The van der Waals surface area contributed by atoms with Crippen molar-refractivity contribution in [2.24, 2.45) is 11.3 Å². The summed E-state index contributed by atoms with van der Waals surface area (Å²) in [5.41, 5.74) is -2.78. The second-order valence-corrected chi connectivity index (χ2v) is 10.4. The Bertz CT molecular complexity index is 847. The van der Waals surface area contributed by atoms with Crippen LogP contribution in [-0.4, -0.2) is 30.8 Å². The molecule has 1 N–H and O–H groups in total. The quantitative estimate of drug-likeness (QED) is 0.860. The number of benzene rings is 1. The lowest BCUT2D eigenvalue weighted by Crippen LogP contribution is -2.63. The highest BCUT2D eigenvalue weighted by molar-refractivity contribution is 7.89. The fraction of sp³-hybridized carbons (Fsp3) is 0.667. The third-order valence-electron chi connectivity index (χ3n) is 6.70. The van der Waals surface area contributed by atoms with Crippen molar-refractivity contribution in [2.75, 3.05) is 11.9 Å². The van der Waals surface area contributed by atoms with Crippen LogP contribution in [0.5, 0.6) is 0 Å². The zero-order chi connectivity index (χ0) is 18.3. The molecule has 142 valence electrons. The summed E-state index contributed by atoms with van der Waals surface area (Å²) in [6, 6.07) is 5.57. The van der Waals surface area contributed by atoms with Crippen molar-refractivity contribution in [3.8, 4) is 0 Å². The summed E-state index contributed by atoms with van der Waals surface area (Å²) < 4.78 is 64.6. The van der Waals surface area contributed by atoms with Gasteiger partial charge in [-0.15, -0.1) is 0 Å². The third-order valence-corrected chi connectivity index (χ3v) is 8.24. The van der Waals surface area contributed by atoms with Crippen LogP contribution in [0.25, 0.3) is 0 Å². The van der Waals surface area contributed by atoms with Gasteiger partial charge in [0, 0.05) is 24.8 Å². The number of hydrogen-bond donors (Lipinski definition) is 1. The summed E-state index contributed by atoms with van der Waals surface area (Å²) in [4.78, 5) is 0. The molecule has 0 amide bonds. The van der Waals surface area contributed by atoms with Crippen molar-refractivity contribution < 1.29 is 21.6 Å². The Balaban J connectivity index is 1.54. The Kier molecular flexibility index (Phi) is 3.35. The molecule has 6 rings (SSSR count). The Morgan fingerprint density at radius 3 is 2.38 bits per heavy atom. The molecule has 1 aliphatic heterocycles. The Labute approximate surface area is 150 Å². The number of hydrogen-bond acceptors (Lipinski definition) is 3. The molecule has 2 bridgehead atoms. The minimum Gasteiger partial charge on any atom is -0.380 e. The van der Waals surface area contributed by atoms with Crippen molar-refractivity contribution in [1.82, 2.24) is 4.31 Å². The minimum absolute atomic E-state index is 0.0409. The number of alkyl halides is 3. The molecule has 4 saturated carbocycles. The SMILES string of the molecule is O=S(=O)(N1Cc2cc(C3CC3)ccc2NC(C23CC(C2)C3)C1)C(F)(F)F. The lowest BCUT2D eigenvalue weighted by Gasteiger charge is -2.65. The second-order valence-electron chi connectivity index (χ2n) is 8.47. The van der Waals surface area contributed by atoms with Crippen LogP contribution in [0.3, 0.4) is 0 Å². The van der Waals surface area contributed by atoms with Gasteiger partial charge in [-0.25, -0.2) is 8.42 Å². The van der Waals surface area contributed by atoms with Gasteiger partial charge in [-0.2, -0.15) is 17.5 Å². The van der Waals surface area contributed by atoms with Crippen LogP contribution >= 0.6 is 0 Å². The smallest absolute Gasteiger partial charge is 0.380 e. The van der Waals surface area contributed by atoms with Gasteiger partial charge in [0.2, 0.25) is 0 Å². The van der Waals surface area contributed by atoms with Crippen molar-refractivity contribution in [3.63, 3.8) is 0 Å². The highest BCUT2D eigenvalue weighted by atomic mass is 32.2. The van der Waals surface area contributed by atoms with E-state index in [-0.39, 0.29) is 24.5 Å². The van der Waals surface area contributed by atoms with E-state index in [1.54, 1.807) is 0 Å². The minimum atomic E-state index is -5.35. The molecule has 1 unspecified atom stereocenters. The average Bonchev–Trinajstić information content (AvgIpc) is 3.28. The first-order valence-electron chi connectivity index (χ1n) is 9.14. The lowest BCUT2D eigenvalue weighted by atomic mass is 9.42. The predicted molar refractivity (Wildman–Crippen MR) is 91.0 cm³/mol. The van der Waals surface area contributed by atoms with Crippen molar-refractivity contribution >= 4 is 15.7 Å². The van der Waals surface area contributed by atoms with Crippen LogP contribution in [0, 0.1) is 11.3 Å². The summed E-state index contributed by atoms with van der Waals surface area (Å²) in [6.07, 6.45) is 5.13. The molecule has 5 aliphatic rings. The molecule has 1 aromatic carbocycles. The van der Waals surface area contributed by atoms with Gasteiger partial charge in [-0.1, -0.05) is 12.1 Å². The molecular weight excluding hydrogens is 365 g/mol. The third kappa shape index (κ3) is 2.41. The predicted octanol–water partition coefficient (Wildman–Crippen LogP) is 3.81. The first kappa shape index (κ1) is 16.9. The second kappa shape index (κ2) is 5.16. The van der Waals surface area contributed by atoms with Crippen molar-refractivity contribution in [2.45, 2.75) is 56.1 Å². The highest BCUT2D eigenvalue weighted by Gasteiger charge is 2.62. The van der Waals surface area contributed by atoms with Gasteiger partial charge in [0.05, 0.1) is 0 Å². The van der Waals surface area contributed by atoms with E-state index in [1.807, 2.05) is 18.2 Å². The van der Waals surface area contributed by atoms with Gasteiger partial charge in [0.25, 0.3) is 0 Å². The van der Waals surface area contributed by atoms with Gasteiger partial charge in [0.15, 0.2) is 0 Å². The molecule has 4 aliphatic carbocycles. The van der Waals surface area contributed by atoms with Crippen molar-refractivity contribution in [1.29, 1.82) is 0 Å². The van der Waals surface area contributed by atoms with E-state index in [4.69, 9.17) is 0 Å². The molecule has 1 heterocycles. The lowest BCUT2D eigenvalue weighted by molar-refractivity contribution is -0.122. The monoisotopic (exact) mass is 386 g/mol. The number of sulfonamides is 1. The molecule has 0 spiro atoms. The van der Waals surface area contributed by atoms with Crippen LogP contribution in [0.1, 0.15) is 49.1 Å². The van der Waals surface area contributed by atoms with Gasteiger partial charge >= 0.3 is 15.5 Å². The Hall–Kier alpha value is -1.28. The van der Waals surface area contributed by atoms with E-state index in [0.717, 1.165) is 43.4 Å². The van der Waals surface area contributed by atoms with Crippen LogP contribution < -0.4 is 5.32 Å². The van der Waals surface area contributed by atoms with Crippen molar-refractivity contribution in [3.05, 3.63) is 29.3 Å². The fourth-order valence-electron chi connectivity index (χ4n) is 4.90. The summed E-state index contributed by atoms with van der Waals surface area (Å²) in [5.74, 6) is 1.13. The fourth-order valence-corrected chi connectivity index (χ4v) is 5.84. The van der Waals surface area contributed by atoms with Gasteiger partial charge in [0.1, 0.15) is 0 Å². The molecule has 26 heavy (non-hydrogen) atoms. The molecule has 1 atom stereocenters. The molecular formula is C18H21F3N2O2S. The standard InChI is InChI=1S/C18H21F3N2O2S/c19-18(20,21)26(24,25)23-9-14-5-13(12-1-2-12)3-4-15(14)22-16(10-23)17-6-11(7-17)8-17/h3-5,11-12,16,22H,1-2,6-10H2. The first-order valence-corrected chi connectivity index (χ1v) is 10.6. The summed E-state index contributed by atoms with van der Waals surface area (Å²) in [6.45, 7) is -0.344. The first-order chi connectivity index (χ1) is 12.2. The number of nitrogens with zero attached hydrogens (tertiary/aromatic N) is 1. The maximum Gasteiger partial charge on any atom is 0.511 e. The van der Waals surface area contributed by atoms with Crippen LogP contribution in [0.4, 0.5) is 18.9 Å². The summed E-state index contributed by atoms with van der Waals surface area (Å²) in [7, 11) is -5.35. The normalized spacial score (nSPS) is 34.1. The van der Waals surface area contributed by atoms with Crippen LogP contribution in [-0.2, 0) is 16.6 Å². The number of halogens is 3. The van der Waals surface area contributed by atoms with Gasteiger partial charge in [-0.05, 0) is 66.5 Å². The molecule has 4 fully saturated rings. The number of rotatable bonds is 3. The van der Waals surface area contributed by atoms with Gasteiger partial charge < -0.3 is 5.32 Å². The van der Waals surface area contributed by atoms with E-state index in [0.29, 0.717) is 21.7 Å². The van der Waals surface area contributed by atoms with E-state index in [1.165, 1.54) is 0 Å². The Morgan fingerprint density at radius 2 is 1.85 bits per heavy atom. The maximum absolute atomic E-state index is 13.2. The molecule has 0 saturated heterocycles. The van der Waals surface area contributed by atoms with E-state index < -0.39 is 15.5 Å². The molecule has 0 aromatic heterocycles. The van der Waals surface area contributed by atoms with E-state index in [2.05, 4.69) is 5.32 Å². The number of fused-ring (bicyclic) bond motifs is 1. The zero-order valence-corrected chi connectivity index (χ0v) is 15.0. The van der Waals surface area contributed by atoms with E-state index >= 15 is 0 Å². The number of anilines is 1. The average molecular weight is 386 g/mol. The molecule has 0 radical (unpaired) electrons. The summed E-state index contributed by atoms with van der Waals surface area (Å²) in [5, 5.41) is 3.41. The highest BCUT2D eigenvalue weighted by Crippen LogP contribution is 2.67. The number of nitrogens with one attached hydrogen (secondary N) is 1. The van der Waals surface area contributed by atoms with Crippen LogP contribution in [0.15, 0.2) is 18.2 Å². The molecule has 8 heteroatoms. The Morgan fingerprint density at radius 1 is 1.15 bits per heavy atom. The molecule has 1 aromatic rings. The van der Waals surface area contributed by atoms with Gasteiger partial charge in [-0.3, -0.25) is 0 Å². The van der Waals surface area contributed by atoms with Crippen LogP contribution in [0.2, 0.25) is 0 Å². The maximum atomic E-state index is 13.2. The van der Waals surface area contributed by atoms with E-state index in [9.17, 15) is 21.6 Å². The summed E-state index contributed by atoms with van der Waals surface area (Å²) >= 11 is 0. The largest absolute Gasteiger partial charge is 0.511 e.